The van der Waals surface area contributed by atoms with Crippen LogP contribution in [0.1, 0.15) is 5.56 Å². The van der Waals surface area contributed by atoms with Crippen molar-refractivity contribution in [3.8, 4) is 5.88 Å². The Kier molecular flexibility index (Phi) is 3.29. The van der Waals surface area contributed by atoms with Crippen molar-refractivity contribution >= 4 is 5.82 Å². The molecule has 1 aromatic heterocycles. The fourth-order valence-electron chi connectivity index (χ4n) is 1.92. The number of anilines is 1. The third-order valence-corrected chi connectivity index (χ3v) is 3.06. The molecule has 2 heterocycles. The molecule has 1 aliphatic heterocycles. The number of hydrogen-bond donors (Lipinski definition) is 0. The molecule has 2 rings (SSSR count). The second-order valence-electron chi connectivity index (χ2n) is 4.29. The molecule has 0 bridgehead atoms. The molecule has 4 heteroatoms. The second-order valence-corrected chi connectivity index (χ2v) is 4.29. The van der Waals surface area contributed by atoms with Crippen molar-refractivity contribution in [3.05, 3.63) is 17.7 Å². The molecule has 16 heavy (non-hydrogen) atoms. The Hall–Kier alpha value is -1.29. The molecule has 1 aliphatic rings. The summed E-state index contributed by atoms with van der Waals surface area (Å²) in [7, 11) is 3.82. The van der Waals surface area contributed by atoms with Crippen LogP contribution in [0.3, 0.4) is 0 Å². The summed E-state index contributed by atoms with van der Waals surface area (Å²) in [4.78, 5) is 9.17. The Morgan fingerprint density at radius 2 is 1.88 bits per heavy atom. The highest BCUT2D eigenvalue weighted by atomic mass is 16.5. The molecule has 1 saturated heterocycles. The summed E-state index contributed by atoms with van der Waals surface area (Å²) >= 11 is 0. The predicted molar refractivity (Wildman–Crippen MR) is 65.2 cm³/mol. The molecule has 4 nitrogen and oxygen atoms in total. The Labute approximate surface area is 96.8 Å². The lowest BCUT2D eigenvalue weighted by Crippen LogP contribution is -2.44. The van der Waals surface area contributed by atoms with E-state index in [1.54, 1.807) is 7.11 Å². The van der Waals surface area contributed by atoms with Crippen LogP contribution in [-0.2, 0) is 0 Å². The first kappa shape index (κ1) is 11.2. The van der Waals surface area contributed by atoms with E-state index in [0.29, 0.717) is 0 Å². The molecule has 0 radical (unpaired) electrons. The van der Waals surface area contributed by atoms with Crippen molar-refractivity contribution in [3.63, 3.8) is 0 Å². The minimum absolute atomic E-state index is 0.733. The first-order chi connectivity index (χ1) is 7.70. The lowest BCUT2D eigenvalue weighted by atomic mass is 10.2. The number of hydrogen-bond acceptors (Lipinski definition) is 4. The number of pyridine rings is 1. The largest absolute Gasteiger partial charge is 0.481 e. The highest BCUT2D eigenvalue weighted by Gasteiger charge is 2.16. The number of ether oxygens (including phenoxy) is 1. The molecule has 1 aromatic rings. The van der Waals surface area contributed by atoms with E-state index >= 15 is 0 Å². The van der Waals surface area contributed by atoms with E-state index in [-0.39, 0.29) is 0 Å². The number of likely N-dealkylation sites (N-methyl/N-ethyl adjacent to an activating group) is 1. The van der Waals surface area contributed by atoms with Gasteiger partial charge in [-0.2, -0.15) is 4.98 Å². The van der Waals surface area contributed by atoms with Gasteiger partial charge in [-0.05, 0) is 20.0 Å². The Morgan fingerprint density at radius 3 is 2.50 bits per heavy atom. The molecule has 1 fully saturated rings. The summed E-state index contributed by atoms with van der Waals surface area (Å²) in [6.45, 7) is 6.28. The minimum atomic E-state index is 0.733. The van der Waals surface area contributed by atoms with Gasteiger partial charge in [-0.25, -0.2) is 0 Å². The molecule has 0 atom stereocenters. The van der Waals surface area contributed by atoms with Crippen LogP contribution in [0.2, 0.25) is 0 Å². The molecule has 0 saturated carbocycles. The third kappa shape index (κ3) is 2.27. The molecule has 0 amide bonds. The lowest BCUT2D eigenvalue weighted by Gasteiger charge is -2.33. The van der Waals surface area contributed by atoms with E-state index in [2.05, 4.69) is 34.0 Å². The Bertz CT molecular complexity index is 359. The molecule has 0 spiro atoms. The highest BCUT2D eigenvalue weighted by molar-refractivity contribution is 5.44. The first-order valence-corrected chi connectivity index (χ1v) is 5.66. The number of methoxy groups -OCH3 is 1. The summed E-state index contributed by atoms with van der Waals surface area (Å²) in [5, 5.41) is 0. The topological polar surface area (TPSA) is 28.6 Å². The van der Waals surface area contributed by atoms with Gasteiger partial charge in [0.15, 0.2) is 0 Å². The van der Waals surface area contributed by atoms with E-state index in [1.165, 1.54) is 0 Å². The number of rotatable bonds is 2. The van der Waals surface area contributed by atoms with E-state index in [4.69, 9.17) is 4.74 Å². The maximum absolute atomic E-state index is 5.25. The van der Waals surface area contributed by atoms with Gasteiger partial charge >= 0.3 is 0 Å². The summed E-state index contributed by atoms with van der Waals surface area (Å²) in [5.74, 6) is 1.76. The van der Waals surface area contributed by atoms with Crippen molar-refractivity contribution in [1.82, 2.24) is 9.88 Å². The molecule has 0 aliphatic carbocycles. The standard InChI is InChI=1S/C12H19N3O/c1-10-4-5-11(13-12(10)16-3)15-8-6-14(2)7-9-15/h4-5H,6-9H2,1-3H3. The van der Waals surface area contributed by atoms with Crippen molar-refractivity contribution in [1.29, 1.82) is 0 Å². The zero-order valence-electron chi connectivity index (χ0n) is 10.2. The average Bonchev–Trinajstić information content (AvgIpc) is 2.31. The van der Waals surface area contributed by atoms with Crippen LogP contribution in [0.15, 0.2) is 12.1 Å². The van der Waals surface area contributed by atoms with Crippen LogP contribution in [0, 0.1) is 6.92 Å². The van der Waals surface area contributed by atoms with E-state index in [1.807, 2.05) is 6.92 Å². The minimum Gasteiger partial charge on any atom is -0.481 e. The van der Waals surface area contributed by atoms with Gasteiger partial charge in [0, 0.05) is 31.7 Å². The van der Waals surface area contributed by atoms with Crippen LogP contribution in [0.25, 0.3) is 0 Å². The van der Waals surface area contributed by atoms with Gasteiger partial charge in [-0.3, -0.25) is 0 Å². The average molecular weight is 221 g/mol. The lowest BCUT2D eigenvalue weighted by molar-refractivity contribution is 0.311. The van der Waals surface area contributed by atoms with Gasteiger partial charge in [0.05, 0.1) is 7.11 Å². The molecule has 88 valence electrons. The van der Waals surface area contributed by atoms with Crippen LogP contribution in [0.4, 0.5) is 5.82 Å². The SMILES string of the molecule is COc1nc(N2CCN(C)CC2)ccc1C. The van der Waals surface area contributed by atoms with Gasteiger partial charge in [-0.15, -0.1) is 0 Å². The number of piperazine rings is 1. The van der Waals surface area contributed by atoms with E-state index in [0.717, 1.165) is 43.4 Å². The molecule has 0 N–H and O–H groups in total. The predicted octanol–water partition coefficient (Wildman–Crippen LogP) is 1.15. The number of nitrogens with zero attached hydrogens (tertiary/aromatic N) is 3. The van der Waals surface area contributed by atoms with Crippen LogP contribution in [0.5, 0.6) is 5.88 Å². The van der Waals surface area contributed by atoms with E-state index < -0.39 is 0 Å². The fraction of sp³-hybridized carbons (Fsp3) is 0.583. The summed E-state index contributed by atoms with van der Waals surface area (Å²) in [5.41, 5.74) is 1.08. The van der Waals surface area contributed by atoms with Gasteiger partial charge in [0.2, 0.25) is 5.88 Å². The Morgan fingerprint density at radius 1 is 1.19 bits per heavy atom. The quantitative estimate of drug-likeness (QED) is 0.749. The molecule has 0 unspecified atom stereocenters. The fourth-order valence-corrected chi connectivity index (χ4v) is 1.92. The van der Waals surface area contributed by atoms with Crippen LogP contribution in [-0.4, -0.2) is 50.2 Å². The number of aromatic nitrogens is 1. The zero-order valence-corrected chi connectivity index (χ0v) is 10.2. The van der Waals surface area contributed by atoms with Gasteiger partial charge in [0.25, 0.3) is 0 Å². The zero-order chi connectivity index (χ0) is 11.5. The van der Waals surface area contributed by atoms with Gasteiger partial charge < -0.3 is 14.5 Å². The summed E-state index contributed by atoms with van der Waals surface area (Å²) < 4.78 is 5.25. The van der Waals surface area contributed by atoms with Crippen molar-refractivity contribution in [2.45, 2.75) is 6.92 Å². The third-order valence-electron chi connectivity index (χ3n) is 3.06. The first-order valence-electron chi connectivity index (χ1n) is 5.66. The normalized spacial score (nSPS) is 17.6. The summed E-state index contributed by atoms with van der Waals surface area (Å²) in [6.07, 6.45) is 0. The van der Waals surface area contributed by atoms with E-state index in [9.17, 15) is 0 Å². The monoisotopic (exact) mass is 221 g/mol. The summed E-state index contributed by atoms with van der Waals surface area (Å²) in [6, 6.07) is 4.14. The highest BCUT2D eigenvalue weighted by Crippen LogP contribution is 2.20. The maximum atomic E-state index is 5.25. The maximum Gasteiger partial charge on any atom is 0.217 e. The van der Waals surface area contributed by atoms with Crippen molar-refractivity contribution in [2.75, 3.05) is 45.2 Å². The smallest absolute Gasteiger partial charge is 0.217 e. The van der Waals surface area contributed by atoms with Crippen LogP contribution < -0.4 is 9.64 Å². The number of aryl methyl sites for hydroxylation is 1. The molecular weight excluding hydrogens is 202 g/mol. The van der Waals surface area contributed by atoms with Crippen molar-refractivity contribution < 1.29 is 4.74 Å². The second kappa shape index (κ2) is 4.70. The molecule has 0 aromatic carbocycles. The van der Waals surface area contributed by atoms with Gasteiger partial charge in [0.1, 0.15) is 5.82 Å². The Balaban J connectivity index is 2.14. The molecular formula is C12H19N3O. The van der Waals surface area contributed by atoms with Gasteiger partial charge in [-0.1, -0.05) is 6.07 Å². The van der Waals surface area contributed by atoms with Crippen LogP contribution >= 0.6 is 0 Å². The van der Waals surface area contributed by atoms with Crippen molar-refractivity contribution in [2.24, 2.45) is 0 Å².